The molecule has 11 heteroatoms. The highest BCUT2D eigenvalue weighted by atomic mass is 16.5. The molecule has 2 fully saturated rings. The third-order valence-electron chi connectivity index (χ3n) is 7.77. The average Bonchev–Trinajstić information content (AvgIpc) is 3.63. The second-order valence-corrected chi connectivity index (χ2v) is 9.93. The highest BCUT2D eigenvalue weighted by Crippen LogP contribution is 2.42. The Kier molecular flexibility index (Phi) is 6.05. The van der Waals surface area contributed by atoms with E-state index in [0.717, 1.165) is 18.6 Å². The number of likely N-dealkylation sites (N-methyl/N-ethyl adjacent to an activating group) is 1. The number of aromatic nitrogens is 2. The van der Waals surface area contributed by atoms with Gasteiger partial charge in [0.05, 0.1) is 36.7 Å². The first-order chi connectivity index (χ1) is 18.5. The first kappa shape index (κ1) is 24.1. The lowest BCUT2D eigenvalue weighted by molar-refractivity contribution is 0.0593. The summed E-state index contributed by atoms with van der Waals surface area (Å²) in [6.07, 6.45) is 8.58. The van der Waals surface area contributed by atoms with E-state index in [9.17, 15) is 9.59 Å². The maximum Gasteiger partial charge on any atom is 0.320 e. The molecule has 3 aliphatic heterocycles. The van der Waals surface area contributed by atoms with Crippen LogP contribution in [0.3, 0.4) is 0 Å². The number of benzene rings is 1. The summed E-state index contributed by atoms with van der Waals surface area (Å²) >= 11 is 0. The Morgan fingerprint density at radius 1 is 1.11 bits per heavy atom. The van der Waals surface area contributed by atoms with Gasteiger partial charge in [0.15, 0.2) is 12.2 Å². The van der Waals surface area contributed by atoms with Gasteiger partial charge in [0.1, 0.15) is 23.3 Å². The van der Waals surface area contributed by atoms with Crippen LogP contribution < -0.4 is 14.8 Å². The number of hydrogen-bond acceptors (Lipinski definition) is 8. The van der Waals surface area contributed by atoms with Gasteiger partial charge in [-0.05, 0) is 18.2 Å². The molecule has 1 atom stereocenters. The third-order valence-corrected chi connectivity index (χ3v) is 7.77. The van der Waals surface area contributed by atoms with Gasteiger partial charge in [0.2, 0.25) is 0 Å². The predicted octanol–water partition coefficient (Wildman–Crippen LogP) is 3.31. The highest BCUT2D eigenvalue weighted by Gasteiger charge is 2.49. The van der Waals surface area contributed by atoms with Crippen molar-refractivity contribution in [2.45, 2.75) is 31.0 Å². The van der Waals surface area contributed by atoms with Gasteiger partial charge in [0, 0.05) is 64.4 Å². The molecule has 5 heterocycles. The molecule has 38 heavy (non-hydrogen) atoms. The zero-order valence-corrected chi connectivity index (χ0v) is 21.4. The van der Waals surface area contributed by atoms with Crippen molar-refractivity contribution in [1.82, 2.24) is 24.7 Å². The second kappa shape index (κ2) is 9.55. The number of amides is 3. The van der Waals surface area contributed by atoms with E-state index in [4.69, 9.17) is 13.9 Å². The van der Waals surface area contributed by atoms with Crippen LogP contribution in [0.25, 0.3) is 11.3 Å². The van der Waals surface area contributed by atoms with Gasteiger partial charge in [-0.15, -0.1) is 0 Å². The molecular weight excluding hydrogens is 488 g/mol. The third kappa shape index (κ3) is 4.17. The molecule has 1 aromatic carbocycles. The molecule has 3 aliphatic rings. The number of fused-ring (bicyclic) bond motifs is 1. The van der Waals surface area contributed by atoms with E-state index in [1.165, 1.54) is 6.39 Å². The molecular formula is C27H30N6O5. The number of nitrogens with zero attached hydrogens (tertiary/aromatic N) is 5. The molecule has 0 radical (unpaired) electrons. The number of rotatable bonds is 4. The SMILES string of the molecule is COc1cc2c(cc1-c1cnco1)C(=O)N(C)C1(CCN(C(=O)N3CCC(Oc4ccncc4)CC3)C1)N2. The number of oxazole rings is 1. The summed E-state index contributed by atoms with van der Waals surface area (Å²) in [5.74, 6) is 1.77. The zero-order chi connectivity index (χ0) is 26.3. The smallest absolute Gasteiger partial charge is 0.320 e. The molecule has 0 aliphatic carbocycles. The fourth-order valence-corrected chi connectivity index (χ4v) is 5.59. The van der Waals surface area contributed by atoms with Gasteiger partial charge in [-0.2, -0.15) is 0 Å². The predicted molar refractivity (Wildman–Crippen MR) is 138 cm³/mol. The van der Waals surface area contributed by atoms with E-state index in [0.29, 0.717) is 60.9 Å². The van der Waals surface area contributed by atoms with Gasteiger partial charge in [-0.1, -0.05) is 0 Å². The summed E-state index contributed by atoms with van der Waals surface area (Å²) in [6.45, 7) is 2.21. The summed E-state index contributed by atoms with van der Waals surface area (Å²) in [7, 11) is 3.36. The van der Waals surface area contributed by atoms with Crippen LogP contribution in [0.15, 0.2) is 53.7 Å². The molecule has 198 valence electrons. The van der Waals surface area contributed by atoms with Crippen molar-refractivity contribution < 1.29 is 23.5 Å². The molecule has 0 saturated carbocycles. The molecule has 2 saturated heterocycles. The van der Waals surface area contributed by atoms with Crippen molar-refractivity contribution in [2.75, 3.05) is 45.7 Å². The topological polar surface area (TPSA) is 113 Å². The summed E-state index contributed by atoms with van der Waals surface area (Å²) in [5, 5.41) is 3.56. The van der Waals surface area contributed by atoms with Gasteiger partial charge < -0.3 is 33.9 Å². The molecule has 2 aromatic heterocycles. The van der Waals surface area contributed by atoms with Crippen LogP contribution >= 0.6 is 0 Å². The van der Waals surface area contributed by atoms with Gasteiger partial charge in [-0.3, -0.25) is 9.78 Å². The van der Waals surface area contributed by atoms with E-state index >= 15 is 0 Å². The summed E-state index contributed by atoms with van der Waals surface area (Å²) in [5.41, 5.74) is 1.16. The van der Waals surface area contributed by atoms with Crippen LogP contribution in [0.5, 0.6) is 11.5 Å². The summed E-state index contributed by atoms with van der Waals surface area (Å²) in [6, 6.07) is 7.27. The van der Waals surface area contributed by atoms with Crippen LogP contribution in [0.2, 0.25) is 0 Å². The lowest BCUT2D eigenvalue weighted by atomic mass is 9.96. The molecule has 3 aromatic rings. The number of anilines is 1. The minimum Gasteiger partial charge on any atom is -0.496 e. The van der Waals surface area contributed by atoms with E-state index in [1.807, 2.05) is 28.0 Å². The Balaban J connectivity index is 1.14. The van der Waals surface area contributed by atoms with Crippen LogP contribution in [0.4, 0.5) is 10.5 Å². The monoisotopic (exact) mass is 518 g/mol. The van der Waals surface area contributed by atoms with Crippen molar-refractivity contribution in [3.8, 4) is 22.8 Å². The van der Waals surface area contributed by atoms with Gasteiger partial charge >= 0.3 is 6.03 Å². The van der Waals surface area contributed by atoms with Crippen molar-refractivity contribution >= 4 is 17.6 Å². The maximum atomic E-state index is 13.5. The Hall–Kier alpha value is -4.28. The lowest BCUT2D eigenvalue weighted by Crippen LogP contribution is -2.60. The number of likely N-dealkylation sites (tertiary alicyclic amines) is 2. The molecule has 1 unspecified atom stereocenters. The second-order valence-electron chi connectivity index (χ2n) is 9.93. The minimum atomic E-state index is -0.693. The van der Waals surface area contributed by atoms with E-state index in [1.54, 1.807) is 43.7 Å². The number of pyridine rings is 1. The largest absolute Gasteiger partial charge is 0.496 e. The summed E-state index contributed by atoms with van der Waals surface area (Å²) < 4.78 is 17.1. The first-order valence-corrected chi connectivity index (χ1v) is 12.8. The van der Waals surface area contributed by atoms with E-state index in [2.05, 4.69) is 15.3 Å². The van der Waals surface area contributed by atoms with Crippen molar-refractivity contribution in [2.24, 2.45) is 0 Å². The molecule has 1 N–H and O–H groups in total. The Bertz CT molecular complexity index is 1330. The highest BCUT2D eigenvalue weighted by molar-refractivity contribution is 6.04. The number of hydrogen-bond donors (Lipinski definition) is 1. The number of ether oxygens (including phenoxy) is 2. The van der Waals surface area contributed by atoms with Gasteiger partial charge in [-0.25, -0.2) is 9.78 Å². The zero-order valence-electron chi connectivity index (χ0n) is 21.4. The molecule has 1 spiro atoms. The Morgan fingerprint density at radius 3 is 2.61 bits per heavy atom. The van der Waals surface area contributed by atoms with Crippen LogP contribution in [-0.2, 0) is 0 Å². The summed E-state index contributed by atoms with van der Waals surface area (Å²) in [4.78, 5) is 40.4. The van der Waals surface area contributed by atoms with Crippen molar-refractivity contribution in [3.05, 3.63) is 54.8 Å². The average molecular weight is 519 g/mol. The standard InChI is InChI=1S/C27H30N6O5/c1-31-25(34)20-13-21(24-15-29-17-37-24)23(36-2)14-22(20)30-27(31)7-12-33(16-27)26(35)32-10-5-19(6-11-32)38-18-3-8-28-9-4-18/h3-4,8-9,13-15,17,19,30H,5-7,10-12,16H2,1-2H3. The maximum absolute atomic E-state index is 13.5. The van der Waals surface area contributed by atoms with Gasteiger partial charge in [0.25, 0.3) is 5.91 Å². The number of carbonyl (C=O) groups excluding carboxylic acids is 2. The lowest BCUT2D eigenvalue weighted by Gasteiger charge is -2.44. The molecule has 6 rings (SSSR count). The Morgan fingerprint density at radius 2 is 1.89 bits per heavy atom. The normalized spacial score (nSPS) is 21.4. The number of urea groups is 1. The van der Waals surface area contributed by atoms with E-state index < -0.39 is 5.66 Å². The fourth-order valence-electron chi connectivity index (χ4n) is 5.59. The minimum absolute atomic E-state index is 0.00377. The molecule has 0 bridgehead atoms. The Labute approximate surface area is 220 Å². The van der Waals surface area contributed by atoms with Crippen molar-refractivity contribution in [3.63, 3.8) is 0 Å². The first-order valence-electron chi connectivity index (χ1n) is 12.8. The quantitative estimate of drug-likeness (QED) is 0.560. The van der Waals surface area contributed by atoms with Crippen LogP contribution in [-0.4, -0.2) is 88.7 Å². The number of nitrogens with one attached hydrogen (secondary N) is 1. The number of methoxy groups -OCH3 is 1. The van der Waals surface area contributed by atoms with Crippen molar-refractivity contribution in [1.29, 1.82) is 0 Å². The van der Waals surface area contributed by atoms with Crippen LogP contribution in [0, 0.1) is 0 Å². The fraction of sp³-hybridized carbons (Fsp3) is 0.407. The van der Waals surface area contributed by atoms with E-state index in [-0.39, 0.29) is 18.0 Å². The number of piperidine rings is 1. The number of carbonyl (C=O) groups is 2. The van der Waals surface area contributed by atoms with Crippen LogP contribution in [0.1, 0.15) is 29.6 Å². The molecule has 3 amide bonds. The molecule has 11 nitrogen and oxygen atoms in total.